The van der Waals surface area contributed by atoms with Crippen molar-refractivity contribution in [3.05, 3.63) is 24.3 Å². The molecule has 2 aliphatic rings. The molecule has 0 bridgehead atoms. The van der Waals surface area contributed by atoms with Crippen molar-refractivity contribution in [2.24, 2.45) is 0 Å². The molecule has 10 atom stereocenters. The van der Waals surface area contributed by atoms with Crippen molar-refractivity contribution < 1.29 is 59.4 Å². The van der Waals surface area contributed by atoms with E-state index >= 15 is 0 Å². The first-order chi connectivity index (χ1) is 14.8. The van der Waals surface area contributed by atoms with E-state index in [0.717, 1.165) is 0 Å². The zero-order valence-corrected chi connectivity index (χ0v) is 16.7. The Morgan fingerprint density at radius 2 is 1.26 bits per heavy atom. The van der Waals surface area contributed by atoms with Crippen molar-refractivity contribution in [2.45, 2.75) is 61.4 Å². The highest BCUT2D eigenvalue weighted by molar-refractivity contribution is 5.31. The Kier molecular flexibility index (Phi) is 8.04. The summed E-state index contributed by atoms with van der Waals surface area (Å²) < 4.78 is 26.9. The van der Waals surface area contributed by atoms with Crippen LogP contribution < -0.4 is 9.47 Å². The van der Waals surface area contributed by atoms with Gasteiger partial charge in [0, 0.05) is 0 Å². The molecule has 2 fully saturated rings. The summed E-state index contributed by atoms with van der Waals surface area (Å²) in [4.78, 5) is 0. The van der Waals surface area contributed by atoms with Gasteiger partial charge in [0.15, 0.2) is 6.29 Å². The molecule has 1 aromatic carbocycles. The van der Waals surface area contributed by atoms with Crippen LogP contribution in [-0.4, -0.2) is 117 Å². The van der Waals surface area contributed by atoms with E-state index < -0.39 is 74.6 Å². The Morgan fingerprint density at radius 3 is 1.84 bits per heavy atom. The summed E-state index contributed by atoms with van der Waals surface area (Å²) in [6.45, 7) is -1.31. The summed E-state index contributed by atoms with van der Waals surface area (Å²) in [5.41, 5.74) is 0. The average Bonchev–Trinajstić information content (AvgIpc) is 2.79. The summed E-state index contributed by atoms with van der Waals surface area (Å²) in [5.74, 6) is 0.890. The Labute approximate surface area is 177 Å². The third-order valence-electron chi connectivity index (χ3n) is 5.27. The van der Waals surface area contributed by atoms with Crippen LogP contribution in [-0.2, 0) is 14.2 Å². The Morgan fingerprint density at radius 1 is 0.710 bits per heavy atom. The predicted molar refractivity (Wildman–Crippen MR) is 100 cm³/mol. The minimum Gasteiger partial charge on any atom is -0.497 e. The fraction of sp³-hybridized carbons (Fsp3) is 0.684. The number of aliphatic hydroxyl groups is 7. The van der Waals surface area contributed by atoms with Crippen LogP contribution in [0.5, 0.6) is 11.5 Å². The van der Waals surface area contributed by atoms with Crippen LogP contribution in [0.3, 0.4) is 0 Å². The van der Waals surface area contributed by atoms with E-state index in [1.54, 1.807) is 24.3 Å². The monoisotopic (exact) mass is 448 g/mol. The molecule has 7 N–H and O–H groups in total. The summed E-state index contributed by atoms with van der Waals surface area (Å²) in [6.07, 6.45) is -15.0. The third-order valence-corrected chi connectivity index (χ3v) is 5.27. The van der Waals surface area contributed by atoms with Crippen LogP contribution in [0, 0.1) is 0 Å². The number of rotatable bonds is 7. The maximum absolute atomic E-state index is 10.6. The highest BCUT2D eigenvalue weighted by Crippen LogP contribution is 2.30. The van der Waals surface area contributed by atoms with Gasteiger partial charge in [0.2, 0.25) is 6.29 Å². The summed E-state index contributed by atoms with van der Waals surface area (Å²) >= 11 is 0. The van der Waals surface area contributed by atoms with Crippen LogP contribution in [0.15, 0.2) is 24.3 Å². The van der Waals surface area contributed by atoms with Crippen molar-refractivity contribution in [1.29, 1.82) is 0 Å². The normalized spacial score (nSPS) is 41.0. The van der Waals surface area contributed by atoms with Gasteiger partial charge in [-0.2, -0.15) is 0 Å². The SMILES string of the molecule is COc1ccc(O[C@H]2O[C@@H](CO)[C@H](O[C@@H]3O[C@H](CO)[C@@H](O)[C@H](O)[C@H]3O)[C@@H](O)[C@H]2O)cc1. The van der Waals surface area contributed by atoms with E-state index in [0.29, 0.717) is 11.5 Å². The third kappa shape index (κ3) is 5.09. The van der Waals surface area contributed by atoms with E-state index in [-0.39, 0.29) is 0 Å². The number of methoxy groups -OCH3 is 1. The first kappa shape index (κ1) is 24.1. The Bertz CT molecular complexity index is 683. The molecule has 1 aromatic rings. The van der Waals surface area contributed by atoms with Gasteiger partial charge < -0.3 is 59.4 Å². The lowest BCUT2D eigenvalue weighted by Gasteiger charge is -2.45. The Hall–Kier alpha value is -1.58. The highest BCUT2D eigenvalue weighted by atomic mass is 16.7. The fourth-order valence-electron chi connectivity index (χ4n) is 3.44. The minimum atomic E-state index is -1.73. The predicted octanol–water partition coefficient (Wildman–Crippen LogP) is -3.30. The highest BCUT2D eigenvalue weighted by Gasteiger charge is 2.51. The van der Waals surface area contributed by atoms with Crippen molar-refractivity contribution >= 4 is 0 Å². The van der Waals surface area contributed by atoms with Crippen LogP contribution in [0.25, 0.3) is 0 Å². The molecule has 0 aromatic heterocycles. The van der Waals surface area contributed by atoms with Crippen molar-refractivity contribution in [3.63, 3.8) is 0 Å². The van der Waals surface area contributed by atoms with E-state index in [1.165, 1.54) is 7.11 Å². The average molecular weight is 448 g/mol. The molecule has 2 heterocycles. The molecule has 12 heteroatoms. The van der Waals surface area contributed by atoms with Gasteiger partial charge in [0.1, 0.15) is 60.3 Å². The molecule has 0 unspecified atom stereocenters. The maximum atomic E-state index is 10.6. The second-order valence-corrected chi connectivity index (χ2v) is 7.30. The molecule has 176 valence electrons. The van der Waals surface area contributed by atoms with Gasteiger partial charge in [0.25, 0.3) is 0 Å². The summed E-state index contributed by atoms with van der Waals surface area (Å²) in [5, 5.41) is 69.9. The number of benzene rings is 1. The molecule has 12 nitrogen and oxygen atoms in total. The lowest BCUT2D eigenvalue weighted by Crippen LogP contribution is -2.65. The van der Waals surface area contributed by atoms with Gasteiger partial charge in [-0.05, 0) is 24.3 Å². The summed E-state index contributed by atoms with van der Waals surface area (Å²) in [7, 11) is 1.50. The van der Waals surface area contributed by atoms with Gasteiger partial charge in [-0.15, -0.1) is 0 Å². The van der Waals surface area contributed by atoms with E-state index in [2.05, 4.69) is 0 Å². The quantitative estimate of drug-likeness (QED) is 0.220. The Balaban J connectivity index is 1.70. The molecule has 0 radical (unpaired) electrons. The van der Waals surface area contributed by atoms with Gasteiger partial charge in [-0.1, -0.05) is 0 Å². The van der Waals surface area contributed by atoms with Crippen LogP contribution in [0.1, 0.15) is 0 Å². The smallest absolute Gasteiger partial charge is 0.229 e. The largest absolute Gasteiger partial charge is 0.497 e. The standard InChI is InChI=1S/C19H28O12/c1-27-8-2-4-9(5-3-8)28-18-16(26)14(24)17(11(7-21)30-18)31-19-15(25)13(23)12(22)10(6-20)29-19/h2-5,10-26H,6-7H2,1H3/t10-,11+,12-,13+,14+,15-,16-,17+,18+,19+/m1/s1. The van der Waals surface area contributed by atoms with Crippen molar-refractivity contribution in [3.8, 4) is 11.5 Å². The number of hydrogen-bond donors (Lipinski definition) is 7. The van der Waals surface area contributed by atoms with E-state index in [4.69, 9.17) is 23.7 Å². The molecule has 2 saturated heterocycles. The second kappa shape index (κ2) is 10.4. The molecular weight excluding hydrogens is 420 g/mol. The number of aliphatic hydroxyl groups excluding tert-OH is 7. The van der Waals surface area contributed by atoms with Crippen LogP contribution in [0.4, 0.5) is 0 Å². The molecule has 0 saturated carbocycles. The number of hydrogen-bond acceptors (Lipinski definition) is 12. The molecule has 31 heavy (non-hydrogen) atoms. The topological polar surface area (TPSA) is 188 Å². The van der Waals surface area contributed by atoms with Gasteiger partial charge in [0.05, 0.1) is 20.3 Å². The molecule has 3 rings (SSSR count). The van der Waals surface area contributed by atoms with Crippen molar-refractivity contribution in [2.75, 3.05) is 20.3 Å². The summed E-state index contributed by atoms with van der Waals surface area (Å²) in [6, 6.07) is 6.36. The van der Waals surface area contributed by atoms with Gasteiger partial charge >= 0.3 is 0 Å². The lowest BCUT2D eigenvalue weighted by atomic mass is 9.97. The van der Waals surface area contributed by atoms with Crippen LogP contribution in [0.2, 0.25) is 0 Å². The first-order valence-corrected chi connectivity index (χ1v) is 9.69. The molecule has 0 aliphatic carbocycles. The fourth-order valence-corrected chi connectivity index (χ4v) is 3.44. The van der Waals surface area contributed by atoms with Crippen LogP contribution >= 0.6 is 0 Å². The minimum absolute atomic E-state index is 0.307. The molecular formula is C19H28O12. The second-order valence-electron chi connectivity index (χ2n) is 7.30. The maximum Gasteiger partial charge on any atom is 0.229 e. The van der Waals surface area contributed by atoms with Gasteiger partial charge in [-0.25, -0.2) is 0 Å². The molecule has 0 spiro atoms. The lowest BCUT2D eigenvalue weighted by molar-refractivity contribution is -0.352. The van der Waals surface area contributed by atoms with E-state index in [1.807, 2.05) is 0 Å². The van der Waals surface area contributed by atoms with Gasteiger partial charge in [-0.3, -0.25) is 0 Å². The zero-order valence-electron chi connectivity index (χ0n) is 16.7. The van der Waals surface area contributed by atoms with Crippen molar-refractivity contribution in [1.82, 2.24) is 0 Å². The first-order valence-electron chi connectivity index (χ1n) is 9.69. The molecule has 0 amide bonds. The zero-order chi connectivity index (χ0) is 22.7. The molecule has 2 aliphatic heterocycles. The van der Waals surface area contributed by atoms with E-state index in [9.17, 15) is 35.7 Å². The number of ether oxygens (including phenoxy) is 5.